The first-order valence-electron chi connectivity index (χ1n) is 10.3. The predicted molar refractivity (Wildman–Crippen MR) is 122 cm³/mol. The average molecular weight is 443 g/mol. The normalized spacial score (nSPS) is 24.5. The molecule has 0 radical (unpaired) electrons. The fourth-order valence-electron chi connectivity index (χ4n) is 3.89. The highest BCUT2D eigenvalue weighted by Gasteiger charge is 2.30. The minimum absolute atomic E-state index is 0.0489. The number of rotatable bonds is 5. The molecule has 2 aromatic rings. The molecule has 1 aliphatic heterocycles. The molecule has 2 aromatic heterocycles. The van der Waals surface area contributed by atoms with Crippen LogP contribution in [0.15, 0.2) is 40.5 Å². The van der Waals surface area contributed by atoms with Crippen LogP contribution in [0.2, 0.25) is 0 Å². The minimum atomic E-state index is -0.0489. The van der Waals surface area contributed by atoms with Crippen LogP contribution in [0.3, 0.4) is 0 Å². The molecule has 1 aliphatic carbocycles. The number of hydrogen-bond donors (Lipinski definition) is 2. The largest absolute Gasteiger partial charge is 0.374 e. The second kappa shape index (κ2) is 9.70. The van der Waals surface area contributed by atoms with Crippen LogP contribution in [0.5, 0.6) is 0 Å². The van der Waals surface area contributed by atoms with Crippen molar-refractivity contribution in [2.24, 2.45) is 10.9 Å². The van der Waals surface area contributed by atoms with Gasteiger partial charge in [-0.25, -0.2) is 0 Å². The van der Waals surface area contributed by atoms with Crippen molar-refractivity contribution in [1.29, 1.82) is 0 Å². The molecular weight excluding hydrogens is 416 g/mol. The van der Waals surface area contributed by atoms with Crippen LogP contribution in [0, 0.1) is 5.92 Å². The lowest BCUT2D eigenvalue weighted by Crippen LogP contribution is -2.26. The van der Waals surface area contributed by atoms with Crippen LogP contribution in [-0.4, -0.2) is 32.2 Å². The van der Waals surface area contributed by atoms with Crippen molar-refractivity contribution < 1.29 is 4.79 Å². The minimum Gasteiger partial charge on any atom is -0.374 e. The highest BCUT2D eigenvalue weighted by atomic mass is 32.2. The molecule has 1 fully saturated rings. The van der Waals surface area contributed by atoms with E-state index in [0.29, 0.717) is 17.0 Å². The summed E-state index contributed by atoms with van der Waals surface area (Å²) >= 11 is 3.10. The van der Waals surface area contributed by atoms with Crippen molar-refractivity contribution in [3.05, 3.63) is 46.2 Å². The Balaban J connectivity index is 1.41. The molecule has 30 heavy (non-hydrogen) atoms. The third kappa shape index (κ3) is 5.46. The third-order valence-corrected chi connectivity index (χ3v) is 7.42. The van der Waals surface area contributed by atoms with E-state index in [1.165, 1.54) is 11.3 Å². The standard InChI is InChI=1S/C21H26N6OS2/c1-13-8-9-18(25-17(28)12-16-7-2-3-10-23-16)29-19(24-13)14-5-4-6-15(11-14)20-26-27-21(22)30-20/h2-3,7,9-10,13-15H,4-6,8,11-12H2,1H3,(H2,22,27)(H,25,28). The van der Waals surface area contributed by atoms with Gasteiger partial charge in [0.2, 0.25) is 11.0 Å². The van der Waals surface area contributed by atoms with Crippen LogP contribution in [0.4, 0.5) is 5.13 Å². The van der Waals surface area contributed by atoms with E-state index in [1.807, 2.05) is 18.2 Å². The molecule has 0 aromatic carbocycles. The van der Waals surface area contributed by atoms with Gasteiger partial charge in [0, 0.05) is 23.7 Å². The molecule has 9 heteroatoms. The molecule has 3 heterocycles. The van der Waals surface area contributed by atoms with E-state index in [0.717, 1.165) is 52.9 Å². The summed E-state index contributed by atoms with van der Waals surface area (Å²) < 4.78 is 0. The summed E-state index contributed by atoms with van der Waals surface area (Å²) in [6, 6.07) is 5.82. The third-order valence-electron chi connectivity index (χ3n) is 5.37. The van der Waals surface area contributed by atoms with Crippen LogP contribution >= 0.6 is 23.1 Å². The monoisotopic (exact) mass is 442 g/mol. The number of nitrogens with zero attached hydrogens (tertiary/aromatic N) is 4. The fourth-order valence-corrected chi connectivity index (χ4v) is 5.83. The van der Waals surface area contributed by atoms with E-state index in [-0.39, 0.29) is 18.4 Å². The number of carbonyl (C=O) groups excluding carboxylic acids is 1. The van der Waals surface area contributed by atoms with Crippen molar-refractivity contribution in [1.82, 2.24) is 20.5 Å². The van der Waals surface area contributed by atoms with E-state index in [1.54, 1.807) is 18.0 Å². The zero-order valence-electron chi connectivity index (χ0n) is 17.0. The highest BCUT2D eigenvalue weighted by molar-refractivity contribution is 8.17. The Hall–Kier alpha value is -2.26. The molecule has 0 spiro atoms. The molecule has 1 amide bonds. The summed E-state index contributed by atoms with van der Waals surface area (Å²) in [6.07, 6.45) is 9.24. The molecule has 158 valence electrons. The summed E-state index contributed by atoms with van der Waals surface area (Å²) in [4.78, 5) is 21.7. The van der Waals surface area contributed by atoms with Gasteiger partial charge in [-0.15, -0.1) is 10.2 Å². The molecule has 3 unspecified atom stereocenters. The molecular formula is C21H26N6OS2. The summed E-state index contributed by atoms with van der Waals surface area (Å²) in [6.45, 7) is 2.13. The number of hydrogen-bond acceptors (Lipinski definition) is 8. The zero-order chi connectivity index (χ0) is 20.9. The van der Waals surface area contributed by atoms with Crippen molar-refractivity contribution in [2.45, 2.75) is 57.4 Å². The topological polar surface area (TPSA) is 106 Å². The Labute approximate surface area is 184 Å². The van der Waals surface area contributed by atoms with Gasteiger partial charge < -0.3 is 11.1 Å². The second-order valence-corrected chi connectivity index (χ2v) is 9.91. The van der Waals surface area contributed by atoms with Gasteiger partial charge in [-0.3, -0.25) is 14.8 Å². The Morgan fingerprint density at radius 3 is 2.90 bits per heavy atom. The maximum atomic E-state index is 12.5. The van der Waals surface area contributed by atoms with E-state index in [4.69, 9.17) is 10.7 Å². The average Bonchev–Trinajstić information content (AvgIpc) is 3.10. The molecule has 2 aliphatic rings. The van der Waals surface area contributed by atoms with Gasteiger partial charge in [0.05, 0.1) is 22.5 Å². The van der Waals surface area contributed by atoms with Crippen molar-refractivity contribution in [3.8, 4) is 0 Å². The van der Waals surface area contributed by atoms with E-state index in [2.05, 4.69) is 33.5 Å². The Bertz CT molecular complexity index is 942. The molecule has 7 nitrogen and oxygen atoms in total. The Kier molecular flexibility index (Phi) is 6.79. The molecule has 0 bridgehead atoms. The van der Waals surface area contributed by atoms with E-state index < -0.39 is 0 Å². The van der Waals surface area contributed by atoms with Crippen LogP contribution < -0.4 is 11.1 Å². The number of aliphatic imine (C=N–C) groups is 1. The van der Waals surface area contributed by atoms with E-state index in [9.17, 15) is 4.79 Å². The number of carbonyl (C=O) groups is 1. The maximum Gasteiger partial charge on any atom is 0.230 e. The van der Waals surface area contributed by atoms with Gasteiger partial charge in [-0.1, -0.05) is 41.7 Å². The smallest absolute Gasteiger partial charge is 0.230 e. The van der Waals surface area contributed by atoms with Gasteiger partial charge in [0.15, 0.2) is 0 Å². The van der Waals surface area contributed by atoms with Crippen molar-refractivity contribution in [3.63, 3.8) is 0 Å². The van der Waals surface area contributed by atoms with Crippen molar-refractivity contribution >= 4 is 39.2 Å². The number of nitrogens with two attached hydrogens (primary N) is 1. The summed E-state index contributed by atoms with van der Waals surface area (Å²) in [7, 11) is 0. The van der Waals surface area contributed by atoms with Gasteiger partial charge in [-0.2, -0.15) is 0 Å². The first kappa shape index (κ1) is 21.0. The van der Waals surface area contributed by atoms with Gasteiger partial charge in [0.1, 0.15) is 5.01 Å². The van der Waals surface area contributed by atoms with E-state index >= 15 is 0 Å². The summed E-state index contributed by atoms with van der Waals surface area (Å²) in [5.74, 6) is 0.703. The Morgan fingerprint density at radius 1 is 1.27 bits per heavy atom. The molecule has 3 atom stereocenters. The second-order valence-electron chi connectivity index (χ2n) is 7.81. The van der Waals surface area contributed by atoms with Crippen LogP contribution in [0.1, 0.15) is 55.6 Å². The molecule has 3 N–H and O–H groups in total. The van der Waals surface area contributed by atoms with Crippen LogP contribution in [-0.2, 0) is 11.2 Å². The molecule has 0 saturated heterocycles. The lowest BCUT2D eigenvalue weighted by Gasteiger charge is -2.28. The SMILES string of the molecule is CC1CC=C(NC(=O)Cc2ccccn2)SC(C2CCCC(c3nnc(N)s3)C2)=N1. The predicted octanol–water partition coefficient (Wildman–Crippen LogP) is 3.91. The summed E-state index contributed by atoms with van der Waals surface area (Å²) in [5.41, 5.74) is 6.55. The molecule has 1 saturated carbocycles. The number of anilines is 1. The number of aromatic nitrogens is 3. The lowest BCUT2D eigenvalue weighted by molar-refractivity contribution is -0.119. The lowest BCUT2D eigenvalue weighted by atomic mass is 9.82. The number of amides is 1. The Morgan fingerprint density at radius 2 is 2.13 bits per heavy atom. The van der Waals surface area contributed by atoms with Gasteiger partial charge in [-0.05, 0) is 44.7 Å². The zero-order valence-corrected chi connectivity index (χ0v) is 18.6. The molecule has 4 rings (SSSR count). The van der Waals surface area contributed by atoms with Gasteiger partial charge >= 0.3 is 0 Å². The van der Waals surface area contributed by atoms with Gasteiger partial charge in [0.25, 0.3) is 0 Å². The number of thioether (sulfide) groups is 1. The van der Waals surface area contributed by atoms with Crippen molar-refractivity contribution in [2.75, 3.05) is 5.73 Å². The summed E-state index contributed by atoms with van der Waals surface area (Å²) in [5, 5.41) is 14.9. The number of nitrogen functional groups attached to an aromatic ring is 1. The quantitative estimate of drug-likeness (QED) is 0.727. The number of nitrogens with one attached hydrogen (secondary N) is 1. The first-order chi connectivity index (χ1) is 14.6. The fraction of sp³-hybridized carbons (Fsp3) is 0.476. The first-order valence-corrected chi connectivity index (χ1v) is 11.9. The highest BCUT2D eigenvalue weighted by Crippen LogP contribution is 2.41. The number of pyridine rings is 1. The van der Waals surface area contributed by atoms with Crippen LogP contribution in [0.25, 0.3) is 0 Å². The maximum absolute atomic E-state index is 12.5.